The van der Waals surface area contributed by atoms with Crippen molar-refractivity contribution < 1.29 is 4.79 Å². The summed E-state index contributed by atoms with van der Waals surface area (Å²) in [7, 11) is 3.42. The van der Waals surface area contributed by atoms with E-state index >= 15 is 0 Å². The molecule has 1 N–H and O–H groups in total. The maximum Gasteiger partial charge on any atom is 0.268 e. The molecule has 0 spiro atoms. The molecule has 0 atom stereocenters. The van der Waals surface area contributed by atoms with Gasteiger partial charge in [-0.3, -0.25) is 10.2 Å². The predicted octanol–water partition coefficient (Wildman–Crippen LogP) is 2.20. The van der Waals surface area contributed by atoms with Gasteiger partial charge in [0.25, 0.3) is 5.91 Å². The minimum absolute atomic E-state index is 0.296. The normalized spacial score (nSPS) is 10.4. The fraction of sp³-hybridized carbons (Fsp3) is 0.222. The number of benzene rings is 1. The first-order chi connectivity index (χ1) is 6.52. The van der Waals surface area contributed by atoms with Gasteiger partial charge in [0.05, 0.1) is 15.6 Å². The predicted molar refractivity (Wildman–Crippen MR) is 57.6 cm³/mol. The minimum Gasteiger partial charge on any atom is -0.285 e. The van der Waals surface area contributed by atoms with E-state index < -0.39 is 0 Å². The largest absolute Gasteiger partial charge is 0.285 e. The zero-order valence-electron chi connectivity index (χ0n) is 7.84. The zero-order chi connectivity index (χ0) is 10.7. The van der Waals surface area contributed by atoms with E-state index in [1.54, 1.807) is 32.3 Å². The van der Waals surface area contributed by atoms with E-state index in [2.05, 4.69) is 5.43 Å². The molecule has 0 bridgehead atoms. The number of amides is 1. The highest BCUT2D eigenvalue weighted by molar-refractivity contribution is 6.39. The van der Waals surface area contributed by atoms with Crippen LogP contribution in [0.4, 0.5) is 0 Å². The van der Waals surface area contributed by atoms with E-state index in [4.69, 9.17) is 23.2 Å². The highest BCUT2D eigenvalue weighted by Crippen LogP contribution is 2.23. The summed E-state index contributed by atoms with van der Waals surface area (Å²) in [5.74, 6) is -0.314. The van der Waals surface area contributed by atoms with Gasteiger partial charge in [0.2, 0.25) is 0 Å². The van der Waals surface area contributed by atoms with Crippen molar-refractivity contribution in [3.8, 4) is 0 Å². The quantitative estimate of drug-likeness (QED) is 0.794. The molecule has 0 aromatic heterocycles. The summed E-state index contributed by atoms with van der Waals surface area (Å²) >= 11 is 11.7. The highest BCUT2D eigenvalue weighted by Gasteiger charge is 2.14. The van der Waals surface area contributed by atoms with Crippen molar-refractivity contribution in [2.75, 3.05) is 14.1 Å². The number of carbonyl (C=O) groups excluding carboxylic acids is 1. The lowest BCUT2D eigenvalue weighted by molar-refractivity contribution is 0.0857. The number of halogens is 2. The molecule has 0 radical (unpaired) electrons. The van der Waals surface area contributed by atoms with Crippen LogP contribution in [0, 0.1) is 0 Å². The van der Waals surface area contributed by atoms with Crippen LogP contribution in [0.3, 0.4) is 0 Å². The minimum atomic E-state index is -0.314. The van der Waals surface area contributed by atoms with Crippen molar-refractivity contribution >= 4 is 29.1 Å². The highest BCUT2D eigenvalue weighted by atomic mass is 35.5. The summed E-state index contributed by atoms with van der Waals surface area (Å²) in [5, 5.41) is 2.22. The first kappa shape index (κ1) is 11.3. The molecule has 0 saturated heterocycles. The zero-order valence-corrected chi connectivity index (χ0v) is 9.36. The Kier molecular flexibility index (Phi) is 3.75. The second-order valence-corrected chi connectivity index (χ2v) is 3.75. The van der Waals surface area contributed by atoms with Gasteiger partial charge in [-0.2, -0.15) is 0 Å². The Hall–Kier alpha value is -0.770. The van der Waals surface area contributed by atoms with Gasteiger partial charge in [0, 0.05) is 14.1 Å². The SMILES string of the molecule is CN(C)NC(=O)c1c(Cl)cccc1Cl. The summed E-state index contributed by atoms with van der Waals surface area (Å²) in [6, 6.07) is 4.94. The number of hydrazine groups is 1. The third kappa shape index (κ3) is 2.61. The molecule has 0 aliphatic rings. The standard InChI is InChI=1S/C9H10Cl2N2O/c1-13(2)12-9(14)8-6(10)4-3-5-7(8)11/h3-5H,1-2H3,(H,12,14). The van der Waals surface area contributed by atoms with E-state index in [0.717, 1.165) is 0 Å². The number of carbonyl (C=O) groups is 1. The molecule has 0 aliphatic heterocycles. The van der Waals surface area contributed by atoms with Crippen LogP contribution in [-0.2, 0) is 0 Å². The van der Waals surface area contributed by atoms with Gasteiger partial charge in [-0.05, 0) is 12.1 Å². The Bertz CT molecular complexity index is 332. The van der Waals surface area contributed by atoms with Gasteiger partial charge in [0.1, 0.15) is 0 Å². The number of rotatable bonds is 2. The van der Waals surface area contributed by atoms with Crippen LogP contribution < -0.4 is 5.43 Å². The van der Waals surface area contributed by atoms with Crippen LogP contribution in [0.25, 0.3) is 0 Å². The molecule has 0 unspecified atom stereocenters. The molecule has 1 amide bonds. The Morgan fingerprint density at radius 3 is 2.21 bits per heavy atom. The summed E-state index contributed by atoms with van der Waals surface area (Å²) in [4.78, 5) is 11.6. The third-order valence-corrected chi connectivity index (χ3v) is 2.14. The van der Waals surface area contributed by atoms with Gasteiger partial charge >= 0.3 is 0 Å². The molecule has 1 aromatic rings. The fourth-order valence-corrected chi connectivity index (χ4v) is 1.54. The lowest BCUT2D eigenvalue weighted by atomic mass is 10.2. The van der Waals surface area contributed by atoms with Gasteiger partial charge in [-0.15, -0.1) is 0 Å². The smallest absolute Gasteiger partial charge is 0.268 e. The average molecular weight is 233 g/mol. The van der Waals surface area contributed by atoms with Crippen molar-refractivity contribution in [1.82, 2.24) is 10.4 Å². The van der Waals surface area contributed by atoms with Crippen LogP contribution in [0.1, 0.15) is 10.4 Å². The number of hydrogen-bond donors (Lipinski definition) is 1. The molecule has 0 fully saturated rings. The first-order valence-corrected chi connectivity index (χ1v) is 4.70. The molecule has 5 heteroatoms. The van der Waals surface area contributed by atoms with E-state index in [1.165, 1.54) is 5.01 Å². The lowest BCUT2D eigenvalue weighted by Crippen LogP contribution is -2.36. The van der Waals surface area contributed by atoms with Crippen molar-refractivity contribution in [3.05, 3.63) is 33.8 Å². The number of nitrogens with one attached hydrogen (secondary N) is 1. The van der Waals surface area contributed by atoms with E-state index in [0.29, 0.717) is 15.6 Å². The van der Waals surface area contributed by atoms with Crippen LogP contribution in [0.5, 0.6) is 0 Å². The Labute approximate surface area is 92.6 Å². The Balaban J connectivity index is 3.00. The molecule has 1 rings (SSSR count). The van der Waals surface area contributed by atoms with Crippen LogP contribution in [-0.4, -0.2) is 25.0 Å². The van der Waals surface area contributed by atoms with Gasteiger partial charge in [-0.25, -0.2) is 5.01 Å². The summed E-state index contributed by atoms with van der Waals surface area (Å²) < 4.78 is 0. The molecule has 3 nitrogen and oxygen atoms in total. The molecule has 0 heterocycles. The summed E-state index contributed by atoms with van der Waals surface area (Å²) in [6.07, 6.45) is 0. The van der Waals surface area contributed by atoms with E-state index in [9.17, 15) is 4.79 Å². The van der Waals surface area contributed by atoms with Crippen molar-refractivity contribution in [3.63, 3.8) is 0 Å². The molecule has 1 aromatic carbocycles. The molecule has 0 aliphatic carbocycles. The molecular weight excluding hydrogens is 223 g/mol. The molecular formula is C9H10Cl2N2O. The van der Waals surface area contributed by atoms with Gasteiger partial charge in [0.15, 0.2) is 0 Å². The van der Waals surface area contributed by atoms with Crippen molar-refractivity contribution in [2.24, 2.45) is 0 Å². The third-order valence-electron chi connectivity index (χ3n) is 1.51. The summed E-state index contributed by atoms with van der Waals surface area (Å²) in [5.41, 5.74) is 2.86. The van der Waals surface area contributed by atoms with Crippen LogP contribution in [0.2, 0.25) is 10.0 Å². The molecule has 0 saturated carbocycles. The second kappa shape index (κ2) is 4.64. The number of hydrogen-bond acceptors (Lipinski definition) is 2. The maximum absolute atomic E-state index is 11.6. The topological polar surface area (TPSA) is 32.3 Å². The van der Waals surface area contributed by atoms with Gasteiger partial charge in [-0.1, -0.05) is 29.3 Å². The van der Waals surface area contributed by atoms with E-state index in [1.807, 2.05) is 0 Å². The molecule has 14 heavy (non-hydrogen) atoms. The van der Waals surface area contributed by atoms with Crippen molar-refractivity contribution in [1.29, 1.82) is 0 Å². The molecule has 76 valence electrons. The van der Waals surface area contributed by atoms with Crippen LogP contribution in [0.15, 0.2) is 18.2 Å². The van der Waals surface area contributed by atoms with Crippen molar-refractivity contribution in [2.45, 2.75) is 0 Å². The Morgan fingerprint density at radius 2 is 1.79 bits per heavy atom. The maximum atomic E-state index is 11.6. The fourth-order valence-electron chi connectivity index (χ4n) is 0.974. The van der Waals surface area contributed by atoms with Crippen LogP contribution >= 0.6 is 23.2 Å². The van der Waals surface area contributed by atoms with E-state index in [-0.39, 0.29) is 5.91 Å². The summed E-state index contributed by atoms with van der Waals surface area (Å²) in [6.45, 7) is 0. The van der Waals surface area contributed by atoms with Gasteiger partial charge < -0.3 is 0 Å². The lowest BCUT2D eigenvalue weighted by Gasteiger charge is -2.13. The average Bonchev–Trinajstić information content (AvgIpc) is 2.01. The monoisotopic (exact) mass is 232 g/mol. The first-order valence-electron chi connectivity index (χ1n) is 3.94. The second-order valence-electron chi connectivity index (χ2n) is 2.93. The Morgan fingerprint density at radius 1 is 1.29 bits per heavy atom. The number of nitrogens with zero attached hydrogens (tertiary/aromatic N) is 1.